The number of carbonyl (C=O) groups excluding carboxylic acids is 1. The maximum Gasteiger partial charge on any atom is 0.273 e. The highest BCUT2D eigenvalue weighted by Gasteiger charge is 2.15. The fourth-order valence-electron chi connectivity index (χ4n) is 1.32. The lowest BCUT2D eigenvalue weighted by Crippen LogP contribution is -2.32. The molecule has 0 aliphatic rings. The van der Waals surface area contributed by atoms with E-state index >= 15 is 0 Å². The van der Waals surface area contributed by atoms with Crippen molar-refractivity contribution < 1.29 is 4.79 Å². The van der Waals surface area contributed by atoms with E-state index in [1.807, 2.05) is 6.92 Å². The van der Waals surface area contributed by atoms with Crippen molar-refractivity contribution >= 4 is 17.5 Å². The predicted octanol–water partition coefficient (Wildman–Crippen LogP) is 2.22. The number of hydrogen-bond acceptors (Lipinski definition) is 2. The summed E-state index contributed by atoms with van der Waals surface area (Å²) in [6.07, 6.45) is 6.07. The molecule has 84 valence electrons. The molecule has 1 heterocycles. The van der Waals surface area contributed by atoms with Crippen molar-refractivity contribution in [2.75, 3.05) is 13.1 Å². The first-order chi connectivity index (χ1) is 7.69. The minimum Gasteiger partial charge on any atom is -0.326 e. The molecular formula is C12H13ClN2O. The Labute approximate surface area is 100 Å². The van der Waals surface area contributed by atoms with Crippen LogP contribution in [0.3, 0.4) is 0 Å². The Hall–Kier alpha value is -1.53. The molecule has 0 N–H and O–H groups in total. The van der Waals surface area contributed by atoms with Crippen LogP contribution in [0.5, 0.6) is 0 Å². The van der Waals surface area contributed by atoms with E-state index in [9.17, 15) is 4.79 Å². The summed E-state index contributed by atoms with van der Waals surface area (Å²) in [6.45, 7) is 2.90. The van der Waals surface area contributed by atoms with Crippen LogP contribution in [-0.2, 0) is 0 Å². The number of carbonyl (C=O) groups is 1. The molecule has 4 heteroatoms. The van der Waals surface area contributed by atoms with E-state index in [-0.39, 0.29) is 5.91 Å². The molecule has 16 heavy (non-hydrogen) atoms. The van der Waals surface area contributed by atoms with Gasteiger partial charge in [-0.15, -0.1) is 6.42 Å². The summed E-state index contributed by atoms with van der Waals surface area (Å²) >= 11 is 5.73. The molecule has 0 spiro atoms. The topological polar surface area (TPSA) is 33.2 Å². The lowest BCUT2D eigenvalue weighted by Gasteiger charge is -2.18. The zero-order valence-electron chi connectivity index (χ0n) is 9.11. The lowest BCUT2D eigenvalue weighted by atomic mass is 10.3. The molecule has 0 saturated carbocycles. The van der Waals surface area contributed by atoms with Crippen LogP contribution in [0.2, 0.25) is 5.15 Å². The van der Waals surface area contributed by atoms with Gasteiger partial charge in [0.05, 0.1) is 6.54 Å². The van der Waals surface area contributed by atoms with Gasteiger partial charge in [0.1, 0.15) is 10.8 Å². The smallest absolute Gasteiger partial charge is 0.273 e. The molecule has 0 aliphatic carbocycles. The Morgan fingerprint density at radius 2 is 2.38 bits per heavy atom. The van der Waals surface area contributed by atoms with E-state index in [0.29, 0.717) is 23.9 Å². The van der Waals surface area contributed by atoms with Gasteiger partial charge in [-0.05, 0) is 18.6 Å². The van der Waals surface area contributed by atoms with Crippen molar-refractivity contribution in [3.8, 4) is 12.3 Å². The van der Waals surface area contributed by atoms with Gasteiger partial charge in [0.2, 0.25) is 0 Å². The molecule has 0 atom stereocenters. The van der Waals surface area contributed by atoms with E-state index in [1.54, 1.807) is 23.1 Å². The largest absolute Gasteiger partial charge is 0.326 e. The van der Waals surface area contributed by atoms with Crippen molar-refractivity contribution in [2.45, 2.75) is 13.3 Å². The van der Waals surface area contributed by atoms with Gasteiger partial charge in [0, 0.05) is 6.54 Å². The first-order valence-corrected chi connectivity index (χ1v) is 5.42. The first kappa shape index (κ1) is 12.5. The molecule has 0 fully saturated rings. The van der Waals surface area contributed by atoms with Crippen LogP contribution in [0.15, 0.2) is 18.2 Å². The second kappa shape index (κ2) is 6.14. The van der Waals surface area contributed by atoms with Crippen LogP contribution < -0.4 is 0 Å². The molecule has 3 nitrogen and oxygen atoms in total. The second-order valence-corrected chi connectivity index (χ2v) is 3.66. The summed E-state index contributed by atoms with van der Waals surface area (Å²) in [7, 11) is 0. The van der Waals surface area contributed by atoms with E-state index in [1.165, 1.54) is 0 Å². The highest BCUT2D eigenvalue weighted by molar-refractivity contribution is 6.29. The molecule has 1 rings (SSSR count). The van der Waals surface area contributed by atoms with Crippen molar-refractivity contribution in [1.29, 1.82) is 0 Å². The summed E-state index contributed by atoms with van der Waals surface area (Å²) in [4.78, 5) is 17.5. The molecule has 1 aromatic heterocycles. The van der Waals surface area contributed by atoms with Crippen LogP contribution >= 0.6 is 11.6 Å². The summed E-state index contributed by atoms with van der Waals surface area (Å²) < 4.78 is 0. The van der Waals surface area contributed by atoms with Gasteiger partial charge in [0.15, 0.2) is 0 Å². The molecule has 1 aromatic rings. The maximum absolute atomic E-state index is 12.0. The number of terminal acetylenes is 1. The monoisotopic (exact) mass is 236 g/mol. The third kappa shape index (κ3) is 3.25. The zero-order chi connectivity index (χ0) is 12.0. The number of nitrogens with zero attached hydrogens (tertiary/aromatic N) is 2. The fourth-order valence-corrected chi connectivity index (χ4v) is 1.49. The molecule has 0 radical (unpaired) electrons. The minimum atomic E-state index is -0.178. The van der Waals surface area contributed by atoms with E-state index < -0.39 is 0 Å². The van der Waals surface area contributed by atoms with Crippen molar-refractivity contribution in [2.24, 2.45) is 0 Å². The number of amides is 1. The van der Waals surface area contributed by atoms with E-state index in [4.69, 9.17) is 18.0 Å². The normalized spacial score (nSPS) is 9.56. The SMILES string of the molecule is C#CCN(CCC)C(=O)c1cccc(Cl)n1. The highest BCUT2D eigenvalue weighted by atomic mass is 35.5. The van der Waals surface area contributed by atoms with Gasteiger partial charge in [-0.2, -0.15) is 0 Å². The van der Waals surface area contributed by atoms with Gasteiger partial charge < -0.3 is 4.90 Å². The van der Waals surface area contributed by atoms with Gasteiger partial charge >= 0.3 is 0 Å². The van der Waals surface area contributed by atoms with Crippen molar-refractivity contribution in [3.05, 3.63) is 29.0 Å². The number of pyridine rings is 1. The van der Waals surface area contributed by atoms with E-state index in [2.05, 4.69) is 10.9 Å². The van der Waals surface area contributed by atoms with Crippen LogP contribution in [0.4, 0.5) is 0 Å². The average molecular weight is 237 g/mol. The quantitative estimate of drug-likeness (QED) is 0.593. The summed E-state index contributed by atoms with van der Waals surface area (Å²) in [5.41, 5.74) is 0.330. The van der Waals surface area contributed by atoms with Crippen LogP contribution in [0, 0.1) is 12.3 Å². The standard InChI is InChI=1S/C12H13ClN2O/c1-3-8-15(9-4-2)12(16)10-6-5-7-11(13)14-10/h1,5-7H,4,8-9H2,2H3. The van der Waals surface area contributed by atoms with Crippen LogP contribution in [0.25, 0.3) is 0 Å². The summed E-state index contributed by atoms with van der Waals surface area (Å²) in [5, 5.41) is 0.308. The Bertz CT molecular complexity index is 412. The molecule has 0 aromatic carbocycles. The Morgan fingerprint density at radius 1 is 1.62 bits per heavy atom. The Balaban J connectivity index is 2.86. The summed E-state index contributed by atoms with van der Waals surface area (Å²) in [6, 6.07) is 4.96. The lowest BCUT2D eigenvalue weighted by molar-refractivity contribution is 0.0771. The first-order valence-electron chi connectivity index (χ1n) is 5.04. The predicted molar refractivity (Wildman–Crippen MR) is 64.3 cm³/mol. The molecule has 0 bridgehead atoms. The highest BCUT2D eigenvalue weighted by Crippen LogP contribution is 2.08. The Kier molecular flexibility index (Phi) is 4.81. The van der Waals surface area contributed by atoms with Gasteiger partial charge in [-0.3, -0.25) is 4.79 Å². The number of aromatic nitrogens is 1. The van der Waals surface area contributed by atoms with Gasteiger partial charge in [0.25, 0.3) is 5.91 Å². The zero-order valence-corrected chi connectivity index (χ0v) is 9.87. The third-order valence-corrected chi connectivity index (χ3v) is 2.21. The second-order valence-electron chi connectivity index (χ2n) is 3.28. The van der Waals surface area contributed by atoms with E-state index in [0.717, 1.165) is 6.42 Å². The summed E-state index contributed by atoms with van der Waals surface area (Å²) in [5.74, 6) is 2.28. The molecule has 0 aliphatic heterocycles. The molecular weight excluding hydrogens is 224 g/mol. The molecule has 1 amide bonds. The average Bonchev–Trinajstić information content (AvgIpc) is 2.28. The molecule has 0 saturated heterocycles. The number of rotatable bonds is 4. The maximum atomic E-state index is 12.0. The minimum absolute atomic E-state index is 0.178. The number of hydrogen-bond donors (Lipinski definition) is 0. The van der Waals surface area contributed by atoms with Crippen LogP contribution in [0.1, 0.15) is 23.8 Å². The molecule has 0 unspecified atom stereocenters. The third-order valence-electron chi connectivity index (χ3n) is 2.00. The Morgan fingerprint density at radius 3 is 2.94 bits per heavy atom. The fraction of sp³-hybridized carbons (Fsp3) is 0.333. The van der Waals surface area contributed by atoms with Crippen molar-refractivity contribution in [3.63, 3.8) is 0 Å². The van der Waals surface area contributed by atoms with Crippen LogP contribution in [-0.4, -0.2) is 28.9 Å². The number of halogens is 1. The van der Waals surface area contributed by atoms with Gasteiger partial charge in [-0.25, -0.2) is 4.98 Å². The van der Waals surface area contributed by atoms with Crippen molar-refractivity contribution in [1.82, 2.24) is 9.88 Å². The van der Waals surface area contributed by atoms with Gasteiger partial charge in [-0.1, -0.05) is 30.5 Å².